The minimum Gasteiger partial charge on any atom is -0.459 e. The largest absolute Gasteiger partial charge is 0.459 e. The van der Waals surface area contributed by atoms with Crippen LogP contribution in [0.4, 0.5) is 0 Å². The molecule has 0 aliphatic rings. The van der Waals surface area contributed by atoms with Crippen LogP contribution < -0.4 is 10.6 Å². The number of nitrogens with zero attached hydrogens (tertiary/aromatic N) is 1. The van der Waals surface area contributed by atoms with Crippen LogP contribution in [0.1, 0.15) is 41.9 Å². The average Bonchev–Trinajstić information content (AvgIpc) is 3.20. The summed E-state index contributed by atoms with van der Waals surface area (Å²) in [6.45, 7) is 8.07. The molecule has 0 aliphatic carbocycles. The van der Waals surface area contributed by atoms with Gasteiger partial charge in [0.2, 0.25) is 5.91 Å². The SMILES string of the molecule is CCN(CC)Cc1ccc(CNC(=O)CCNC(=O)c2ccco2)cc1. The fraction of sp³-hybridized carbons (Fsp3) is 0.400. The number of hydrogen-bond acceptors (Lipinski definition) is 4. The number of carbonyl (C=O) groups is 2. The monoisotopic (exact) mass is 357 g/mol. The van der Waals surface area contributed by atoms with E-state index in [1.54, 1.807) is 12.1 Å². The molecule has 0 unspecified atom stereocenters. The predicted octanol–water partition coefficient (Wildman–Crippen LogP) is 2.56. The summed E-state index contributed by atoms with van der Waals surface area (Å²) >= 11 is 0. The van der Waals surface area contributed by atoms with Crippen molar-refractivity contribution in [2.45, 2.75) is 33.4 Å². The van der Waals surface area contributed by atoms with Crippen LogP contribution >= 0.6 is 0 Å². The van der Waals surface area contributed by atoms with Gasteiger partial charge in [-0.05, 0) is 36.3 Å². The molecule has 2 amide bonds. The van der Waals surface area contributed by atoms with Gasteiger partial charge in [-0.2, -0.15) is 0 Å². The van der Waals surface area contributed by atoms with Gasteiger partial charge in [-0.25, -0.2) is 0 Å². The first-order valence-electron chi connectivity index (χ1n) is 9.01. The van der Waals surface area contributed by atoms with Gasteiger partial charge in [0.25, 0.3) is 5.91 Å². The molecule has 1 heterocycles. The van der Waals surface area contributed by atoms with Gasteiger partial charge in [-0.3, -0.25) is 14.5 Å². The Balaban J connectivity index is 1.67. The first-order chi connectivity index (χ1) is 12.6. The van der Waals surface area contributed by atoms with E-state index < -0.39 is 0 Å². The fourth-order valence-corrected chi connectivity index (χ4v) is 2.54. The lowest BCUT2D eigenvalue weighted by molar-refractivity contribution is -0.121. The van der Waals surface area contributed by atoms with Crippen molar-refractivity contribution in [1.82, 2.24) is 15.5 Å². The summed E-state index contributed by atoms with van der Waals surface area (Å²) in [4.78, 5) is 25.9. The highest BCUT2D eigenvalue weighted by Crippen LogP contribution is 2.07. The molecule has 1 aromatic carbocycles. The van der Waals surface area contributed by atoms with E-state index in [0.29, 0.717) is 6.54 Å². The Bertz CT molecular complexity index is 677. The lowest BCUT2D eigenvalue weighted by atomic mass is 10.1. The van der Waals surface area contributed by atoms with Gasteiger partial charge in [0.05, 0.1) is 6.26 Å². The van der Waals surface area contributed by atoms with Crippen LogP contribution in [0.15, 0.2) is 47.1 Å². The van der Waals surface area contributed by atoms with Crippen molar-refractivity contribution >= 4 is 11.8 Å². The fourth-order valence-electron chi connectivity index (χ4n) is 2.54. The molecule has 0 fully saturated rings. The Morgan fingerprint density at radius 3 is 2.31 bits per heavy atom. The molecule has 0 aliphatic heterocycles. The molecule has 26 heavy (non-hydrogen) atoms. The third-order valence-corrected chi connectivity index (χ3v) is 4.20. The Kier molecular flexibility index (Phi) is 7.89. The summed E-state index contributed by atoms with van der Waals surface area (Å²) in [5.74, 6) is -0.168. The molecule has 0 saturated carbocycles. The van der Waals surface area contributed by atoms with E-state index in [2.05, 4.69) is 41.5 Å². The van der Waals surface area contributed by atoms with Gasteiger partial charge in [-0.15, -0.1) is 0 Å². The predicted molar refractivity (Wildman–Crippen MR) is 101 cm³/mol. The van der Waals surface area contributed by atoms with Crippen molar-refractivity contribution < 1.29 is 14.0 Å². The molecular weight excluding hydrogens is 330 g/mol. The van der Waals surface area contributed by atoms with Crippen LogP contribution in [0, 0.1) is 0 Å². The number of amides is 2. The number of benzene rings is 1. The maximum absolute atomic E-state index is 11.9. The lowest BCUT2D eigenvalue weighted by Crippen LogP contribution is -2.30. The van der Waals surface area contributed by atoms with Gasteiger partial charge < -0.3 is 15.1 Å². The molecule has 2 rings (SSSR count). The second-order valence-corrected chi connectivity index (χ2v) is 6.04. The number of nitrogens with one attached hydrogen (secondary N) is 2. The zero-order valence-corrected chi connectivity index (χ0v) is 15.5. The van der Waals surface area contributed by atoms with Crippen molar-refractivity contribution in [3.63, 3.8) is 0 Å². The Morgan fingerprint density at radius 2 is 1.69 bits per heavy atom. The third-order valence-electron chi connectivity index (χ3n) is 4.20. The molecule has 2 aromatic rings. The van der Waals surface area contributed by atoms with E-state index >= 15 is 0 Å². The van der Waals surface area contributed by atoms with E-state index in [4.69, 9.17) is 4.42 Å². The molecule has 6 heteroatoms. The van der Waals surface area contributed by atoms with Crippen LogP contribution in [0.25, 0.3) is 0 Å². The van der Waals surface area contributed by atoms with Gasteiger partial charge in [0, 0.05) is 26.1 Å². The average molecular weight is 357 g/mol. The number of furan rings is 1. The second-order valence-electron chi connectivity index (χ2n) is 6.04. The van der Waals surface area contributed by atoms with Crippen LogP contribution in [0.2, 0.25) is 0 Å². The number of rotatable bonds is 10. The van der Waals surface area contributed by atoms with Crippen molar-refractivity contribution in [2.75, 3.05) is 19.6 Å². The van der Waals surface area contributed by atoms with Gasteiger partial charge >= 0.3 is 0 Å². The standard InChI is InChI=1S/C20H27N3O3/c1-3-23(4-2)15-17-9-7-16(8-10-17)14-22-19(24)11-12-21-20(25)18-6-5-13-26-18/h5-10,13H,3-4,11-12,14-15H2,1-2H3,(H,21,25)(H,22,24). The van der Waals surface area contributed by atoms with Crippen LogP contribution in [0.3, 0.4) is 0 Å². The topological polar surface area (TPSA) is 74.6 Å². The van der Waals surface area contributed by atoms with Crippen molar-refractivity contribution in [2.24, 2.45) is 0 Å². The summed E-state index contributed by atoms with van der Waals surface area (Å²) < 4.78 is 4.99. The molecule has 0 atom stereocenters. The normalized spacial score (nSPS) is 10.7. The maximum atomic E-state index is 11.9. The zero-order chi connectivity index (χ0) is 18.8. The van der Waals surface area contributed by atoms with E-state index in [1.165, 1.54) is 11.8 Å². The molecule has 1 aromatic heterocycles. The Hall–Kier alpha value is -2.60. The van der Waals surface area contributed by atoms with Crippen LogP contribution in [0.5, 0.6) is 0 Å². The second kappa shape index (κ2) is 10.4. The highest BCUT2D eigenvalue weighted by molar-refractivity contribution is 5.91. The summed E-state index contributed by atoms with van der Waals surface area (Å²) in [7, 11) is 0. The number of hydrogen-bond donors (Lipinski definition) is 2. The molecule has 0 bridgehead atoms. The van der Waals surface area contributed by atoms with Gasteiger partial charge in [0.1, 0.15) is 0 Å². The van der Waals surface area contributed by atoms with Crippen LogP contribution in [-0.2, 0) is 17.9 Å². The van der Waals surface area contributed by atoms with Crippen molar-refractivity contribution in [3.8, 4) is 0 Å². The minimum absolute atomic E-state index is 0.100. The van der Waals surface area contributed by atoms with E-state index in [9.17, 15) is 9.59 Å². The summed E-state index contributed by atoms with van der Waals surface area (Å²) in [6, 6.07) is 11.5. The Morgan fingerprint density at radius 1 is 1.00 bits per heavy atom. The van der Waals surface area contributed by atoms with Gasteiger partial charge in [0.15, 0.2) is 5.76 Å². The minimum atomic E-state index is -0.313. The van der Waals surface area contributed by atoms with E-state index in [1.807, 2.05) is 12.1 Å². The molecule has 140 valence electrons. The van der Waals surface area contributed by atoms with Crippen LogP contribution in [-0.4, -0.2) is 36.3 Å². The maximum Gasteiger partial charge on any atom is 0.286 e. The zero-order valence-electron chi connectivity index (χ0n) is 15.5. The Labute approximate surface area is 154 Å². The van der Waals surface area contributed by atoms with Crippen molar-refractivity contribution in [1.29, 1.82) is 0 Å². The molecule has 0 spiro atoms. The lowest BCUT2D eigenvalue weighted by Gasteiger charge is -2.18. The van der Waals surface area contributed by atoms with Crippen molar-refractivity contribution in [3.05, 3.63) is 59.5 Å². The summed E-state index contributed by atoms with van der Waals surface area (Å²) in [6.07, 6.45) is 1.67. The van der Waals surface area contributed by atoms with E-state index in [0.717, 1.165) is 25.2 Å². The third kappa shape index (κ3) is 6.37. The smallest absolute Gasteiger partial charge is 0.286 e. The number of carbonyl (C=O) groups excluding carboxylic acids is 2. The summed E-state index contributed by atoms with van der Waals surface area (Å²) in [5, 5.41) is 5.52. The van der Waals surface area contributed by atoms with Gasteiger partial charge in [-0.1, -0.05) is 38.1 Å². The quantitative estimate of drug-likeness (QED) is 0.685. The van der Waals surface area contributed by atoms with E-state index in [-0.39, 0.29) is 30.5 Å². The first-order valence-corrected chi connectivity index (χ1v) is 9.01. The molecule has 0 radical (unpaired) electrons. The highest BCUT2D eigenvalue weighted by Gasteiger charge is 2.08. The molecular formula is C20H27N3O3. The molecule has 2 N–H and O–H groups in total. The molecule has 0 saturated heterocycles. The molecule has 6 nitrogen and oxygen atoms in total. The summed E-state index contributed by atoms with van der Waals surface area (Å²) in [5.41, 5.74) is 2.32. The highest BCUT2D eigenvalue weighted by atomic mass is 16.3. The first kappa shape index (κ1) is 19.7.